The Morgan fingerprint density at radius 3 is 2.57 bits per heavy atom. The predicted molar refractivity (Wildman–Crippen MR) is 87.5 cm³/mol. The Kier molecular flexibility index (Phi) is 7.18. The standard InChI is InChI=1S/C16H27NO3S/c1-5-17-16(12-21(18,19)10-9-13(2)3)14-7-6-8-15(11-14)20-4/h6-8,11,13,16-17H,5,9-10,12H2,1-4H3. The van der Waals surface area contributed by atoms with E-state index in [1.54, 1.807) is 7.11 Å². The molecule has 0 aliphatic rings. The van der Waals surface area contributed by atoms with Gasteiger partial charge in [0.15, 0.2) is 9.84 Å². The van der Waals surface area contributed by atoms with Crippen LogP contribution in [0.25, 0.3) is 0 Å². The summed E-state index contributed by atoms with van der Waals surface area (Å²) in [4.78, 5) is 0. The molecule has 0 aromatic heterocycles. The minimum absolute atomic E-state index is 0.126. The van der Waals surface area contributed by atoms with Crippen molar-refractivity contribution in [2.75, 3.05) is 25.2 Å². The van der Waals surface area contributed by atoms with Crippen LogP contribution in [0.4, 0.5) is 0 Å². The SMILES string of the molecule is CCNC(CS(=O)(=O)CCC(C)C)c1cccc(OC)c1. The largest absolute Gasteiger partial charge is 0.497 e. The molecule has 0 heterocycles. The lowest BCUT2D eigenvalue weighted by atomic mass is 10.1. The highest BCUT2D eigenvalue weighted by Gasteiger charge is 2.20. The number of methoxy groups -OCH3 is 1. The van der Waals surface area contributed by atoms with Gasteiger partial charge in [-0.25, -0.2) is 8.42 Å². The van der Waals surface area contributed by atoms with E-state index in [1.165, 1.54) is 0 Å². The molecule has 1 N–H and O–H groups in total. The number of nitrogens with one attached hydrogen (secondary N) is 1. The molecular formula is C16H27NO3S. The van der Waals surface area contributed by atoms with E-state index < -0.39 is 9.84 Å². The molecule has 0 aliphatic heterocycles. The van der Waals surface area contributed by atoms with Gasteiger partial charge in [0.05, 0.1) is 18.6 Å². The van der Waals surface area contributed by atoms with Gasteiger partial charge in [-0.1, -0.05) is 32.9 Å². The van der Waals surface area contributed by atoms with Crippen LogP contribution in [-0.2, 0) is 9.84 Å². The van der Waals surface area contributed by atoms with Crippen molar-refractivity contribution in [1.29, 1.82) is 0 Å². The van der Waals surface area contributed by atoms with Crippen molar-refractivity contribution in [3.05, 3.63) is 29.8 Å². The average molecular weight is 313 g/mol. The van der Waals surface area contributed by atoms with Crippen molar-refractivity contribution in [2.24, 2.45) is 5.92 Å². The Balaban J connectivity index is 2.86. The van der Waals surface area contributed by atoms with Crippen LogP contribution in [-0.4, -0.2) is 33.6 Å². The van der Waals surface area contributed by atoms with E-state index in [2.05, 4.69) is 5.32 Å². The number of hydrogen-bond donors (Lipinski definition) is 1. The summed E-state index contributed by atoms with van der Waals surface area (Å²) in [7, 11) is -1.46. The molecule has 5 heteroatoms. The Morgan fingerprint density at radius 1 is 1.29 bits per heavy atom. The molecule has 0 saturated carbocycles. The van der Waals surface area contributed by atoms with E-state index in [0.717, 1.165) is 17.9 Å². The molecule has 0 saturated heterocycles. The molecule has 0 bridgehead atoms. The summed E-state index contributed by atoms with van der Waals surface area (Å²) in [5.41, 5.74) is 0.948. The predicted octanol–water partition coefficient (Wildman–Crippen LogP) is 2.81. The molecule has 1 rings (SSSR count). The summed E-state index contributed by atoms with van der Waals surface area (Å²) < 4.78 is 29.8. The van der Waals surface area contributed by atoms with E-state index in [0.29, 0.717) is 12.3 Å². The van der Waals surface area contributed by atoms with Gasteiger partial charge in [-0.05, 0) is 36.6 Å². The second-order valence-electron chi connectivity index (χ2n) is 5.68. The van der Waals surface area contributed by atoms with Crippen molar-refractivity contribution in [3.63, 3.8) is 0 Å². The summed E-state index contributed by atoms with van der Waals surface area (Å²) in [6, 6.07) is 7.39. The van der Waals surface area contributed by atoms with Crippen LogP contribution in [0.2, 0.25) is 0 Å². The van der Waals surface area contributed by atoms with E-state index >= 15 is 0 Å². The van der Waals surface area contributed by atoms with Gasteiger partial charge in [0.2, 0.25) is 0 Å². The van der Waals surface area contributed by atoms with E-state index in [1.807, 2.05) is 45.0 Å². The van der Waals surface area contributed by atoms with Crippen molar-refractivity contribution in [2.45, 2.75) is 33.2 Å². The van der Waals surface area contributed by atoms with Crippen LogP contribution in [0.5, 0.6) is 5.75 Å². The molecule has 0 aliphatic carbocycles. The van der Waals surface area contributed by atoms with Crippen LogP contribution in [0, 0.1) is 5.92 Å². The van der Waals surface area contributed by atoms with Gasteiger partial charge in [0.1, 0.15) is 5.75 Å². The molecule has 4 nitrogen and oxygen atoms in total. The van der Waals surface area contributed by atoms with E-state index in [-0.39, 0.29) is 17.5 Å². The summed E-state index contributed by atoms with van der Waals surface area (Å²) in [6.45, 7) is 6.79. The molecule has 120 valence electrons. The number of rotatable bonds is 9. The van der Waals surface area contributed by atoms with Gasteiger partial charge in [-0.15, -0.1) is 0 Å². The minimum Gasteiger partial charge on any atom is -0.497 e. The highest BCUT2D eigenvalue weighted by molar-refractivity contribution is 7.91. The second kappa shape index (κ2) is 8.39. The monoisotopic (exact) mass is 313 g/mol. The molecule has 0 radical (unpaired) electrons. The molecule has 0 amide bonds. The first-order valence-corrected chi connectivity index (χ1v) is 9.27. The lowest BCUT2D eigenvalue weighted by Gasteiger charge is -2.19. The molecule has 1 unspecified atom stereocenters. The summed E-state index contributed by atoms with van der Waals surface area (Å²) in [6.07, 6.45) is 0.708. The van der Waals surface area contributed by atoms with Gasteiger partial charge < -0.3 is 10.1 Å². The number of ether oxygens (including phenoxy) is 1. The van der Waals surface area contributed by atoms with Crippen LogP contribution < -0.4 is 10.1 Å². The minimum atomic E-state index is -3.07. The normalized spacial score (nSPS) is 13.4. The summed E-state index contributed by atoms with van der Waals surface area (Å²) in [5.74, 6) is 1.52. The van der Waals surface area contributed by atoms with Crippen LogP contribution in [0.15, 0.2) is 24.3 Å². The first-order valence-electron chi connectivity index (χ1n) is 7.45. The highest BCUT2D eigenvalue weighted by Crippen LogP contribution is 2.21. The van der Waals surface area contributed by atoms with Gasteiger partial charge in [0.25, 0.3) is 0 Å². The van der Waals surface area contributed by atoms with Crippen molar-refractivity contribution < 1.29 is 13.2 Å². The first-order chi connectivity index (χ1) is 9.88. The zero-order valence-electron chi connectivity index (χ0n) is 13.4. The molecule has 0 spiro atoms. The zero-order valence-corrected chi connectivity index (χ0v) is 14.2. The molecule has 1 aromatic rings. The smallest absolute Gasteiger partial charge is 0.152 e. The molecule has 1 aromatic carbocycles. The molecule has 21 heavy (non-hydrogen) atoms. The van der Waals surface area contributed by atoms with Gasteiger partial charge >= 0.3 is 0 Å². The van der Waals surface area contributed by atoms with Crippen LogP contribution in [0.3, 0.4) is 0 Å². The third-order valence-corrected chi connectivity index (χ3v) is 5.07. The van der Waals surface area contributed by atoms with E-state index in [9.17, 15) is 8.42 Å². The molecule has 0 fully saturated rings. The second-order valence-corrected chi connectivity index (χ2v) is 7.91. The lowest BCUT2D eigenvalue weighted by Crippen LogP contribution is -2.29. The number of hydrogen-bond acceptors (Lipinski definition) is 4. The van der Waals surface area contributed by atoms with Crippen LogP contribution >= 0.6 is 0 Å². The summed E-state index contributed by atoms with van der Waals surface area (Å²) >= 11 is 0. The first kappa shape index (κ1) is 18.0. The number of benzene rings is 1. The third kappa shape index (κ3) is 6.48. The van der Waals surface area contributed by atoms with Gasteiger partial charge in [-0.2, -0.15) is 0 Å². The van der Waals surface area contributed by atoms with Crippen molar-refractivity contribution in [1.82, 2.24) is 5.32 Å². The fraction of sp³-hybridized carbons (Fsp3) is 0.625. The summed E-state index contributed by atoms with van der Waals surface area (Å²) in [5, 5.41) is 3.26. The maximum Gasteiger partial charge on any atom is 0.152 e. The Labute approximate surface area is 128 Å². The van der Waals surface area contributed by atoms with Gasteiger partial charge in [0, 0.05) is 6.04 Å². The van der Waals surface area contributed by atoms with Crippen molar-refractivity contribution >= 4 is 9.84 Å². The highest BCUT2D eigenvalue weighted by atomic mass is 32.2. The Bertz CT molecular complexity index is 526. The fourth-order valence-corrected chi connectivity index (χ4v) is 3.95. The maximum atomic E-state index is 12.3. The quantitative estimate of drug-likeness (QED) is 0.761. The fourth-order valence-electron chi connectivity index (χ4n) is 2.13. The lowest BCUT2D eigenvalue weighted by molar-refractivity contribution is 0.413. The zero-order chi connectivity index (χ0) is 15.9. The van der Waals surface area contributed by atoms with Gasteiger partial charge in [-0.3, -0.25) is 0 Å². The Hall–Kier alpha value is -1.07. The topological polar surface area (TPSA) is 55.4 Å². The third-order valence-electron chi connectivity index (χ3n) is 3.37. The van der Waals surface area contributed by atoms with E-state index in [4.69, 9.17) is 4.74 Å². The molecular weight excluding hydrogens is 286 g/mol. The van der Waals surface area contributed by atoms with Crippen molar-refractivity contribution in [3.8, 4) is 5.75 Å². The van der Waals surface area contributed by atoms with Crippen LogP contribution in [0.1, 0.15) is 38.8 Å². The maximum absolute atomic E-state index is 12.3. The molecule has 1 atom stereocenters. The average Bonchev–Trinajstić information content (AvgIpc) is 2.45. The number of sulfone groups is 1. The Morgan fingerprint density at radius 2 is 2.00 bits per heavy atom.